The second-order valence-corrected chi connectivity index (χ2v) is 14.4. The van der Waals surface area contributed by atoms with Crippen LogP contribution in [0.25, 0.3) is 0 Å². The third-order valence-electron chi connectivity index (χ3n) is 10.4. The van der Waals surface area contributed by atoms with E-state index in [-0.39, 0.29) is 29.8 Å². The van der Waals surface area contributed by atoms with Gasteiger partial charge in [-0.1, -0.05) is 91.0 Å². The summed E-state index contributed by atoms with van der Waals surface area (Å²) in [5.41, 5.74) is 5.84. The topological polar surface area (TPSA) is 111 Å². The number of hydrogen-bond donors (Lipinski definition) is 1. The Labute approximate surface area is 344 Å². The molecule has 3 amide bonds. The van der Waals surface area contributed by atoms with Crippen molar-refractivity contribution >= 4 is 35.1 Å². The maximum absolute atomic E-state index is 14.2. The Morgan fingerprint density at radius 2 is 0.864 bits per heavy atom. The number of carbonyl (C=O) groups is 4. The van der Waals surface area contributed by atoms with Crippen LogP contribution in [0.2, 0.25) is 0 Å². The molecule has 1 fully saturated rings. The smallest absolute Gasteiger partial charge is 0.335 e. The number of carbonyl (C=O) groups excluding carboxylic acids is 3. The molecule has 7 rings (SSSR count). The average molecular weight is 787 g/mol. The molecule has 1 aliphatic heterocycles. The van der Waals surface area contributed by atoms with Crippen LogP contribution in [0, 0.1) is 0 Å². The van der Waals surface area contributed by atoms with Gasteiger partial charge in [-0.25, -0.2) is 4.79 Å². The Balaban J connectivity index is 1.08. The highest BCUT2D eigenvalue weighted by Crippen LogP contribution is 2.23. The highest BCUT2D eigenvalue weighted by Gasteiger charge is 2.23. The van der Waals surface area contributed by atoms with E-state index in [2.05, 4.69) is 4.90 Å². The Morgan fingerprint density at radius 1 is 0.475 bits per heavy atom. The van der Waals surface area contributed by atoms with Gasteiger partial charge in [0.2, 0.25) is 0 Å². The van der Waals surface area contributed by atoms with Crippen LogP contribution in [0.15, 0.2) is 164 Å². The fourth-order valence-corrected chi connectivity index (χ4v) is 7.03. The van der Waals surface area contributed by atoms with Crippen molar-refractivity contribution < 1.29 is 29.0 Å². The molecule has 0 aliphatic carbocycles. The van der Waals surface area contributed by atoms with Crippen molar-refractivity contribution in [2.45, 2.75) is 19.6 Å². The zero-order valence-electron chi connectivity index (χ0n) is 32.7. The molecule has 6 aromatic carbocycles. The summed E-state index contributed by atoms with van der Waals surface area (Å²) >= 11 is 0. The van der Waals surface area contributed by atoms with Crippen molar-refractivity contribution in [1.82, 2.24) is 9.80 Å². The van der Waals surface area contributed by atoms with Crippen molar-refractivity contribution in [3.63, 3.8) is 0 Å². The lowest BCUT2D eigenvalue weighted by Gasteiger charge is -2.30. The first-order valence-electron chi connectivity index (χ1n) is 19.7. The number of nitrogens with zero attached hydrogens (tertiary/aromatic N) is 4. The number of benzene rings is 6. The van der Waals surface area contributed by atoms with E-state index in [1.807, 2.05) is 132 Å². The van der Waals surface area contributed by atoms with Gasteiger partial charge in [0, 0.05) is 60.8 Å². The standard InChI is InChI=1S/C49H46N4O6/c54-46(41-22-18-38(19-23-41)35-52(44-12-6-2-7-13-44)47(55)40-10-4-1-5-11-40)51(29-28-50-30-32-59-33-31-50)34-37-16-24-42(25-17-37)48(56)53(45-14-8-3-9-15-45)36-39-20-26-43(27-21-39)49(57)58/h1-27H,28-36H2,(H,57,58). The molecule has 0 saturated carbocycles. The minimum atomic E-state index is -1.01. The van der Waals surface area contributed by atoms with Crippen LogP contribution in [-0.4, -0.2) is 78.0 Å². The molecule has 0 aromatic heterocycles. The van der Waals surface area contributed by atoms with Gasteiger partial charge in [-0.2, -0.15) is 0 Å². The quantitative estimate of drug-likeness (QED) is 0.112. The van der Waals surface area contributed by atoms with Gasteiger partial charge in [0.15, 0.2) is 0 Å². The van der Waals surface area contributed by atoms with Crippen molar-refractivity contribution in [2.75, 3.05) is 49.2 Å². The number of carboxylic acid groups (broad SMARTS) is 1. The first-order valence-corrected chi connectivity index (χ1v) is 19.7. The maximum Gasteiger partial charge on any atom is 0.335 e. The number of aromatic carboxylic acids is 1. The van der Waals surface area contributed by atoms with E-state index in [0.29, 0.717) is 61.8 Å². The van der Waals surface area contributed by atoms with E-state index in [4.69, 9.17) is 4.74 Å². The third kappa shape index (κ3) is 10.6. The Hall–Kier alpha value is -6.88. The predicted octanol–water partition coefficient (Wildman–Crippen LogP) is 8.05. The van der Waals surface area contributed by atoms with E-state index in [0.717, 1.165) is 35.5 Å². The van der Waals surface area contributed by atoms with Gasteiger partial charge in [-0.05, 0) is 89.5 Å². The molecule has 1 N–H and O–H groups in total. The summed E-state index contributed by atoms with van der Waals surface area (Å²) in [4.78, 5) is 60.9. The maximum atomic E-state index is 14.2. The molecule has 0 spiro atoms. The van der Waals surface area contributed by atoms with Crippen LogP contribution >= 0.6 is 0 Å². The normalized spacial score (nSPS) is 12.7. The fraction of sp³-hybridized carbons (Fsp3) is 0.184. The van der Waals surface area contributed by atoms with Gasteiger partial charge in [0.1, 0.15) is 0 Å². The molecule has 59 heavy (non-hydrogen) atoms. The number of amides is 3. The summed E-state index contributed by atoms with van der Waals surface area (Å²) in [6, 6.07) is 49.4. The first kappa shape index (κ1) is 40.3. The number of ether oxygens (including phenoxy) is 1. The molecule has 1 saturated heterocycles. The minimum Gasteiger partial charge on any atom is -0.478 e. The molecule has 6 aromatic rings. The van der Waals surface area contributed by atoms with Crippen molar-refractivity contribution in [3.05, 3.63) is 203 Å². The number of para-hydroxylation sites is 2. The zero-order chi connectivity index (χ0) is 41.0. The van der Waals surface area contributed by atoms with Crippen LogP contribution < -0.4 is 9.80 Å². The van der Waals surface area contributed by atoms with Crippen LogP contribution in [0.4, 0.5) is 11.4 Å². The van der Waals surface area contributed by atoms with Gasteiger partial charge in [0.25, 0.3) is 17.7 Å². The number of hydrogen-bond acceptors (Lipinski definition) is 6. The molecule has 0 bridgehead atoms. The van der Waals surface area contributed by atoms with E-state index in [1.165, 1.54) is 12.1 Å². The molecule has 298 valence electrons. The summed E-state index contributed by atoms with van der Waals surface area (Å²) in [7, 11) is 0. The molecular formula is C49H46N4O6. The van der Waals surface area contributed by atoms with E-state index in [9.17, 15) is 24.3 Å². The van der Waals surface area contributed by atoms with Gasteiger partial charge in [-0.15, -0.1) is 0 Å². The predicted molar refractivity (Wildman–Crippen MR) is 229 cm³/mol. The largest absolute Gasteiger partial charge is 0.478 e. The monoisotopic (exact) mass is 786 g/mol. The second-order valence-electron chi connectivity index (χ2n) is 14.4. The highest BCUT2D eigenvalue weighted by atomic mass is 16.5. The van der Waals surface area contributed by atoms with Gasteiger partial charge < -0.3 is 24.5 Å². The number of anilines is 2. The lowest BCUT2D eigenvalue weighted by molar-refractivity contribution is 0.0320. The molecule has 0 radical (unpaired) electrons. The molecule has 0 atom stereocenters. The lowest BCUT2D eigenvalue weighted by atomic mass is 10.1. The highest BCUT2D eigenvalue weighted by molar-refractivity contribution is 6.06. The third-order valence-corrected chi connectivity index (χ3v) is 10.4. The lowest BCUT2D eigenvalue weighted by Crippen LogP contribution is -2.43. The van der Waals surface area contributed by atoms with Crippen LogP contribution in [0.5, 0.6) is 0 Å². The number of carboxylic acids is 1. The van der Waals surface area contributed by atoms with E-state index >= 15 is 0 Å². The SMILES string of the molecule is O=C(O)c1ccc(CN(C(=O)c2ccc(CN(CCN3CCOCC3)C(=O)c3ccc(CN(C(=O)c4ccccc4)c4ccccc4)cc3)cc2)c2ccccc2)cc1. The zero-order valence-corrected chi connectivity index (χ0v) is 32.7. The summed E-state index contributed by atoms with van der Waals surface area (Å²) < 4.78 is 5.55. The molecule has 10 nitrogen and oxygen atoms in total. The van der Waals surface area contributed by atoms with Gasteiger partial charge in [-0.3, -0.25) is 19.3 Å². The van der Waals surface area contributed by atoms with E-state index in [1.54, 1.807) is 34.1 Å². The molecule has 10 heteroatoms. The molecular weight excluding hydrogens is 741 g/mol. The summed E-state index contributed by atoms with van der Waals surface area (Å²) in [5.74, 6) is -1.44. The summed E-state index contributed by atoms with van der Waals surface area (Å²) in [6.45, 7) is 5.02. The number of rotatable bonds is 15. The Bertz CT molecular complexity index is 2320. The summed E-state index contributed by atoms with van der Waals surface area (Å²) in [6.07, 6.45) is 0. The van der Waals surface area contributed by atoms with Crippen LogP contribution in [-0.2, 0) is 24.4 Å². The van der Waals surface area contributed by atoms with Crippen molar-refractivity contribution in [1.29, 1.82) is 0 Å². The molecule has 1 heterocycles. The van der Waals surface area contributed by atoms with Crippen molar-refractivity contribution in [2.24, 2.45) is 0 Å². The van der Waals surface area contributed by atoms with E-state index < -0.39 is 5.97 Å². The molecule has 1 aliphatic rings. The first-order chi connectivity index (χ1) is 28.8. The van der Waals surface area contributed by atoms with Gasteiger partial charge >= 0.3 is 5.97 Å². The molecule has 0 unspecified atom stereocenters. The Kier molecular flexibility index (Phi) is 13.3. The van der Waals surface area contributed by atoms with Crippen LogP contribution in [0.1, 0.15) is 58.1 Å². The average Bonchev–Trinajstić information content (AvgIpc) is 3.30. The Morgan fingerprint density at radius 3 is 1.32 bits per heavy atom. The minimum absolute atomic E-state index is 0.112. The van der Waals surface area contributed by atoms with Crippen LogP contribution in [0.3, 0.4) is 0 Å². The summed E-state index contributed by atoms with van der Waals surface area (Å²) in [5, 5.41) is 9.34. The second kappa shape index (κ2) is 19.5. The van der Waals surface area contributed by atoms with Crippen molar-refractivity contribution in [3.8, 4) is 0 Å². The fourth-order valence-electron chi connectivity index (χ4n) is 7.03. The number of morpholine rings is 1. The van der Waals surface area contributed by atoms with Gasteiger partial charge in [0.05, 0.1) is 31.9 Å².